The number of amides is 2. The van der Waals surface area contributed by atoms with Crippen LogP contribution in [0.15, 0.2) is 42.5 Å². The molecule has 2 saturated heterocycles. The number of anilines is 1. The number of ether oxygens (including phenoxy) is 2. The van der Waals surface area contributed by atoms with E-state index in [1.807, 2.05) is 23.1 Å². The van der Waals surface area contributed by atoms with E-state index in [9.17, 15) is 14.0 Å². The summed E-state index contributed by atoms with van der Waals surface area (Å²) in [5.74, 6) is 0.303. The molecule has 0 unspecified atom stereocenters. The van der Waals surface area contributed by atoms with Crippen molar-refractivity contribution in [2.75, 3.05) is 64.5 Å². The highest BCUT2D eigenvalue weighted by molar-refractivity contribution is 5.82. The van der Waals surface area contributed by atoms with Crippen molar-refractivity contribution in [3.8, 4) is 5.75 Å². The number of hydrogen-bond acceptors (Lipinski definition) is 6. The average Bonchev–Trinajstić information content (AvgIpc) is 2.92. The number of nitrogens with zero attached hydrogens (tertiary/aromatic N) is 3. The molecule has 36 heavy (non-hydrogen) atoms. The quantitative estimate of drug-likeness (QED) is 0.656. The van der Waals surface area contributed by atoms with E-state index in [2.05, 4.69) is 15.1 Å². The third-order valence-corrected chi connectivity index (χ3v) is 7.45. The Hall–Kier alpha value is -3.17. The molecule has 0 spiro atoms. The predicted octanol–water partition coefficient (Wildman–Crippen LogP) is 1.67. The number of carbonyl (C=O) groups excluding carboxylic acids is 2. The topological polar surface area (TPSA) is 74.3 Å². The van der Waals surface area contributed by atoms with Gasteiger partial charge in [-0.1, -0.05) is 18.2 Å². The second kappa shape index (κ2) is 10.8. The van der Waals surface area contributed by atoms with Crippen LogP contribution < -0.4 is 15.0 Å². The third-order valence-electron chi connectivity index (χ3n) is 7.45. The van der Waals surface area contributed by atoms with Crippen LogP contribution in [0.2, 0.25) is 0 Å². The molecule has 0 aliphatic carbocycles. The lowest BCUT2D eigenvalue weighted by molar-refractivity contribution is -0.136. The van der Waals surface area contributed by atoms with Gasteiger partial charge in [0.15, 0.2) is 0 Å². The number of piperazine rings is 1. The summed E-state index contributed by atoms with van der Waals surface area (Å²) in [6.45, 7) is 5.20. The van der Waals surface area contributed by atoms with Gasteiger partial charge >= 0.3 is 0 Å². The van der Waals surface area contributed by atoms with Gasteiger partial charge in [-0.15, -0.1) is 0 Å². The van der Waals surface area contributed by atoms with Crippen molar-refractivity contribution in [2.45, 2.75) is 19.0 Å². The average molecular weight is 497 g/mol. The fourth-order valence-electron chi connectivity index (χ4n) is 5.43. The maximum absolute atomic E-state index is 13.5. The number of benzene rings is 2. The zero-order chi connectivity index (χ0) is 25.1. The van der Waals surface area contributed by atoms with Crippen LogP contribution in [0.4, 0.5) is 10.1 Å². The molecule has 0 bridgehead atoms. The summed E-state index contributed by atoms with van der Waals surface area (Å²) >= 11 is 0. The number of halogens is 1. The van der Waals surface area contributed by atoms with Gasteiger partial charge in [-0.05, 0) is 35.7 Å². The van der Waals surface area contributed by atoms with Gasteiger partial charge in [0.05, 0.1) is 38.8 Å². The minimum atomic E-state index is -0.297. The molecule has 2 fully saturated rings. The van der Waals surface area contributed by atoms with Crippen molar-refractivity contribution in [2.24, 2.45) is 5.92 Å². The SMILES string of the molecule is COc1ccc2c(c1)N1CCN(CC(=O)N3CCOCC3)C[C@@H]1[C@@H](C(=O)NCc1ccc(F)cc1)C2. The lowest BCUT2D eigenvalue weighted by Gasteiger charge is -2.49. The fourth-order valence-corrected chi connectivity index (χ4v) is 5.43. The number of morpholine rings is 1. The highest BCUT2D eigenvalue weighted by Crippen LogP contribution is 2.38. The first kappa shape index (κ1) is 24.5. The molecule has 2 aromatic carbocycles. The number of methoxy groups -OCH3 is 1. The van der Waals surface area contributed by atoms with Crippen molar-refractivity contribution in [3.05, 3.63) is 59.4 Å². The van der Waals surface area contributed by atoms with Gasteiger partial charge in [-0.2, -0.15) is 0 Å². The van der Waals surface area contributed by atoms with Gasteiger partial charge in [0.2, 0.25) is 11.8 Å². The third kappa shape index (κ3) is 5.32. The summed E-state index contributed by atoms with van der Waals surface area (Å²) in [5.41, 5.74) is 3.07. The van der Waals surface area contributed by atoms with Gasteiger partial charge < -0.3 is 24.6 Å². The number of nitrogens with one attached hydrogen (secondary N) is 1. The lowest BCUT2D eigenvalue weighted by atomic mass is 9.83. The Balaban J connectivity index is 1.32. The van der Waals surface area contributed by atoms with E-state index < -0.39 is 0 Å². The Kier molecular flexibility index (Phi) is 7.38. The highest BCUT2D eigenvalue weighted by atomic mass is 19.1. The van der Waals surface area contributed by atoms with Crippen molar-refractivity contribution in [1.82, 2.24) is 15.1 Å². The number of rotatable bonds is 6. The molecule has 8 nitrogen and oxygen atoms in total. The van der Waals surface area contributed by atoms with Gasteiger partial charge in [0, 0.05) is 51.0 Å². The molecule has 9 heteroatoms. The molecule has 3 aliphatic heterocycles. The minimum Gasteiger partial charge on any atom is -0.497 e. The van der Waals surface area contributed by atoms with E-state index in [-0.39, 0.29) is 29.6 Å². The minimum absolute atomic E-state index is 0.0304. The van der Waals surface area contributed by atoms with Crippen molar-refractivity contribution >= 4 is 17.5 Å². The van der Waals surface area contributed by atoms with Crippen LogP contribution in [0.3, 0.4) is 0 Å². The molecular formula is C27H33FN4O4. The van der Waals surface area contributed by atoms with Crippen LogP contribution >= 0.6 is 0 Å². The van der Waals surface area contributed by atoms with Crippen LogP contribution in [-0.2, 0) is 27.3 Å². The number of hydrogen-bond donors (Lipinski definition) is 1. The van der Waals surface area contributed by atoms with Gasteiger partial charge in [-0.25, -0.2) is 4.39 Å². The van der Waals surface area contributed by atoms with Crippen LogP contribution in [0.5, 0.6) is 5.75 Å². The van der Waals surface area contributed by atoms with Crippen LogP contribution in [0.25, 0.3) is 0 Å². The molecule has 2 amide bonds. The maximum atomic E-state index is 13.5. The largest absolute Gasteiger partial charge is 0.497 e. The first-order valence-corrected chi connectivity index (χ1v) is 12.6. The predicted molar refractivity (Wildman–Crippen MR) is 133 cm³/mol. The summed E-state index contributed by atoms with van der Waals surface area (Å²) in [7, 11) is 1.66. The molecule has 0 saturated carbocycles. The molecule has 0 radical (unpaired) electrons. The molecule has 0 aromatic heterocycles. The number of carbonyl (C=O) groups is 2. The van der Waals surface area contributed by atoms with E-state index >= 15 is 0 Å². The van der Waals surface area contributed by atoms with E-state index in [0.717, 1.165) is 35.7 Å². The van der Waals surface area contributed by atoms with Crippen LogP contribution in [-0.4, -0.2) is 87.2 Å². The standard InChI is InChI=1S/C27H33FN4O4/c1-35-22-7-4-20-14-23(27(34)29-16-19-2-5-21(28)6-3-19)25-17-30(8-9-32(25)24(20)15-22)18-26(33)31-10-12-36-13-11-31/h2-7,15,23,25H,8-14,16-18H2,1H3,(H,29,34)/t23-,25+/m0/s1. The summed E-state index contributed by atoms with van der Waals surface area (Å²) in [6, 6.07) is 12.1. The van der Waals surface area contributed by atoms with Crippen molar-refractivity contribution < 1.29 is 23.5 Å². The van der Waals surface area contributed by atoms with Gasteiger partial charge in [0.1, 0.15) is 11.6 Å². The summed E-state index contributed by atoms with van der Waals surface area (Å²) < 4.78 is 24.1. The second-order valence-corrected chi connectivity index (χ2v) is 9.64. The highest BCUT2D eigenvalue weighted by Gasteiger charge is 2.42. The van der Waals surface area contributed by atoms with Gasteiger partial charge in [0.25, 0.3) is 0 Å². The summed E-state index contributed by atoms with van der Waals surface area (Å²) in [6.07, 6.45) is 0.612. The molecule has 1 N–H and O–H groups in total. The fraction of sp³-hybridized carbons (Fsp3) is 0.481. The smallest absolute Gasteiger partial charge is 0.236 e. The maximum Gasteiger partial charge on any atom is 0.236 e. The van der Waals surface area contributed by atoms with Crippen LogP contribution in [0.1, 0.15) is 11.1 Å². The van der Waals surface area contributed by atoms with Crippen molar-refractivity contribution in [1.29, 1.82) is 0 Å². The van der Waals surface area contributed by atoms with E-state index in [1.165, 1.54) is 12.1 Å². The Labute approximate surface area is 210 Å². The van der Waals surface area contributed by atoms with E-state index in [4.69, 9.17) is 9.47 Å². The molecule has 3 aliphatic rings. The lowest BCUT2D eigenvalue weighted by Crippen LogP contribution is -2.62. The normalized spacial score (nSPS) is 21.9. The zero-order valence-electron chi connectivity index (χ0n) is 20.6. The Morgan fingerprint density at radius 1 is 1.08 bits per heavy atom. The monoisotopic (exact) mass is 496 g/mol. The molecule has 3 heterocycles. The van der Waals surface area contributed by atoms with E-state index in [0.29, 0.717) is 52.4 Å². The zero-order valence-corrected chi connectivity index (χ0v) is 20.6. The van der Waals surface area contributed by atoms with Gasteiger partial charge in [-0.3, -0.25) is 14.5 Å². The van der Waals surface area contributed by atoms with E-state index in [1.54, 1.807) is 19.2 Å². The first-order valence-electron chi connectivity index (χ1n) is 12.6. The Morgan fingerprint density at radius 3 is 2.61 bits per heavy atom. The summed E-state index contributed by atoms with van der Waals surface area (Å²) in [4.78, 5) is 32.7. The molecule has 5 rings (SSSR count). The van der Waals surface area contributed by atoms with Crippen LogP contribution in [0, 0.1) is 11.7 Å². The van der Waals surface area contributed by atoms with Crippen molar-refractivity contribution in [3.63, 3.8) is 0 Å². The second-order valence-electron chi connectivity index (χ2n) is 9.64. The number of fused-ring (bicyclic) bond motifs is 3. The Morgan fingerprint density at radius 2 is 1.86 bits per heavy atom. The summed E-state index contributed by atoms with van der Waals surface area (Å²) in [5, 5.41) is 3.06. The molecule has 192 valence electrons. The molecule has 2 aromatic rings. The molecule has 2 atom stereocenters. The first-order chi connectivity index (χ1) is 17.5. The Bertz CT molecular complexity index is 1090. The molecular weight excluding hydrogens is 463 g/mol.